The lowest BCUT2D eigenvalue weighted by Crippen LogP contribution is -2.39. The second-order valence-electron chi connectivity index (χ2n) is 6.24. The van der Waals surface area contributed by atoms with Crippen molar-refractivity contribution in [2.24, 2.45) is 0 Å². The first-order valence-corrected chi connectivity index (χ1v) is 8.56. The van der Waals surface area contributed by atoms with Crippen LogP contribution in [0.25, 0.3) is 0 Å². The van der Waals surface area contributed by atoms with Gasteiger partial charge in [-0.1, -0.05) is 30.3 Å². The fourth-order valence-corrected chi connectivity index (χ4v) is 3.00. The predicted molar refractivity (Wildman–Crippen MR) is 99.8 cm³/mol. The maximum Gasteiger partial charge on any atom is 0.251 e. The van der Waals surface area contributed by atoms with Crippen molar-refractivity contribution in [3.8, 4) is 0 Å². The highest BCUT2D eigenvalue weighted by Crippen LogP contribution is 2.24. The molecular formula is C20H21N3O3. The van der Waals surface area contributed by atoms with Crippen molar-refractivity contribution in [1.29, 1.82) is 0 Å². The summed E-state index contributed by atoms with van der Waals surface area (Å²) >= 11 is 0. The molecule has 1 saturated heterocycles. The van der Waals surface area contributed by atoms with E-state index in [4.69, 9.17) is 0 Å². The molecule has 1 aliphatic rings. The second-order valence-corrected chi connectivity index (χ2v) is 6.24. The molecule has 0 aromatic heterocycles. The van der Waals surface area contributed by atoms with Gasteiger partial charge in [0.2, 0.25) is 11.8 Å². The zero-order valence-electron chi connectivity index (χ0n) is 14.6. The summed E-state index contributed by atoms with van der Waals surface area (Å²) in [6.45, 7) is 2.05. The van der Waals surface area contributed by atoms with Gasteiger partial charge in [0.1, 0.15) is 0 Å². The largest absolute Gasteiger partial charge is 0.326 e. The van der Waals surface area contributed by atoms with Crippen LogP contribution >= 0.6 is 0 Å². The summed E-state index contributed by atoms with van der Waals surface area (Å²) in [6, 6.07) is 16.2. The number of imide groups is 1. The van der Waals surface area contributed by atoms with Crippen LogP contribution in [0.1, 0.15) is 18.9 Å². The topological polar surface area (TPSA) is 78.5 Å². The zero-order chi connectivity index (χ0) is 18.5. The normalized spacial score (nSPS) is 16.8. The summed E-state index contributed by atoms with van der Waals surface area (Å²) in [5.74, 6) is -0.636. The van der Waals surface area contributed by atoms with Crippen molar-refractivity contribution in [2.75, 3.05) is 16.8 Å². The van der Waals surface area contributed by atoms with Gasteiger partial charge in [-0.2, -0.15) is 0 Å². The van der Waals surface area contributed by atoms with E-state index >= 15 is 0 Å². The standard InChI is InChI=1S/C20H21N3O3/c1-14(24)22-16-7-9-17(10-8-16)23-19(25)13-18(20(23)26)21-12-11-15-5-3-2-4-6-15/h2-10,18,21H,11-13H2,1H3,(H,22,24). The summed E-state index contributed by atoms with van der Waals surface area (Å²) in [7, 11) is 0. The SMILES string of the molecule is CC(=O)Nc1ccc(N2C(=O)CC(NCCc3ccccc3)C2=O)cc1. The maximum atomic E-state index is 12.6. The van der Waals surface area contributed by atoms with Crippen LogP contribution in [0.5, 0.6) is 0 Å². The molecule has 2 aromatic rings. The quantitative estimate of drug-likeness (QED) is 0.782. The Morgan fingerprint density at radius 2 is 1.77 bits per heavy atom. The van der Waals surface area contributed by atoms with Gasteiger partial charge in [0, 0.05) is 12.6 Å². The molecule has 0 bridgehead atoms. The van der Waals surface area contributed by atoms with Crippen LogP contribution in [0, 0.1) is 0 Å². The fraction of sp³-hybridized carbons (Fsp3) is 0.250. The second kappa shape index (κ2) is 7.93. The summed E-state index contributed by atoms with van der Waals surface area (Å²) in [5.41, 5.74) is 2.32. The molecular weight excluding hydrogens is 330 g/mol. The Balaban J connectivity index is 1.60. The van der Waals surface area contributed by atoms with Gasteiger partial charge in [-0.15, -0.1) is 0 Å². The van der Waals surface area contributed by atoms with Crippen molar-refractivity contribution < 1.29 is 14.4 Å². The van der Waals surface area contributed by atoms with E-state index in [-0.39, 0.29) is 24.1 Å². The molecule has 2 aromatic carbocycles. The number of rotatable bonds is 6. The van der Waals surface area contributed by atoms with E-state index in [0.29, 0.717) is 17.9 Å². The molecule has 6 nitrogen and oxygen atoms in total. The first-order chi connectivity index (χ1) is 12.5. The highest BCUT2D eigenvalue weighted by atomic mass is 16.2. The predicted octanol–water partition coefficient (Wildman–Crippen LogP) is 2.11. The summed E-state index contributed by atoms with van der Waals surface area (Å²) in [6.07, 6.45) is 0.950. The molecule has 134 valence electrons. The number of anilines is 2. The smallest absolute Gasteiger partial charge is 0.251 e. The molecule has 1 heterocycles. The Bertz CT molecular complexity index is 803. The molecule has 0 spiro atoms. The van der Waals surface area contributed by atoms with E-state index in [9.17, 15) is 14.4 Å². The first-order valence-electron chi connectivity index (χ1n) is 8.56. The molecule has 1 aliphatic heterocycles. The Labute approximate surface area is 152 Å². The lowest BCUT2D eigenvalue weighted by Gasteiger charge is -2.16. The monoisotopic (exact) mass is 351 g/mol. The lowest BCUT2D eigenvalue weighted by molar-refractivity contribution is -0.121. The van der Waals surface area contributed by atoms with Crippen molar-refractivity contribution in [3.63, 3.8) is 0 Å². The van der Waals surface area contributed by atoms with Gasteiger partial charge >= 0.3 is 0 Å². The third kappa shape index (κ3) is 4.15. The zero-order valence-corrected chi connectivity index (χ0v) is 14.6. The van der Waals surface area contributed by atoms with Crippen molar-refractivity contribution in [3.05, 3.63) is 60.2 Å². The van der Waals surface area contributed by atoms with Gasteiger partial charge in [-0.05, 0) is 42.8 Å². The van der Waals surface area contributed by atoms with Gasteiger partial charge in [0.15, 0.2) is 0 Å². The molecule has 1 unspecified atom stereocenters. The van der Waals surface area contributed by atoms with Crippen molar-refractivity contribution in [1.82, 2.24) is 5.32 Å². The number of nitrogens with zero attached hydrogens (tertiary/aromatic N) is 1. The van der Waals surface area contributed by atoms with Crippen molar-refractivity contribution in [2.45, 2.75) is 25.8 Å². The summed E-state index contributed by atoms with van der Waals surface area (Å²) in [5, 5.41) is 5.84. The van der Waals surface area contributed by atoms with Gasteiger partial charge < -0.3 is 10.6 Å². The van der Waals surface area contributed by atoms with Crippen LogP contribution in [0.15, 0.2) is 54.6 Å². The van der Waals surface area contributed by atoms with E-state index in [1.807, 2.05) is 30.3 Å². The van der Waals surface area contributed by atoms with E-state index < -0.39 is 6.04 Å². The Kier molecular flexibility index (Phi) is 5.43. The highest BCUT2D eigenvalue weighted by molar-refractivity contribution is 6.22. The molecule has 1 atom stereocenters. The van der Waals surface area contributed by atoms with E-state index in [0.717, 1.165) is 6.42 Å². The van der Waals surface area contributed by atoms with Crippen LogP contribution in [0.2, 0.25) is 0 Å². The number of amides is 3. The highest BCUT2D eigenvalue weighted by Gasteiger charge is 2.39. The average Bonchev–Trinajstić information content (AvgIpc) is 2.90. The Morgan fingerprint density at radius 1 is 1.08 bits per heavy atom. The number of hydrogen-bond donors (Lipinski definition) is 2. The van der Waals surface area contributed by atoms with Crippen LogP contribution in [-0.2, 0) is 20.8 Å². The number of benzene rings is 2. The molecule has 3 amide bonds. The molecule has 1 fully saturated rings. The summed E-state index contributed by atoms with van der Waals surface area (Å²) in [4.78, 5) is 37.2. The fourth-order valence-electron chi connectivity index (χ4n) is 3.00. The summed E-state index contributed by atoms with van der Waals surface area (Å²) < 4.78 is 0. The van der Waals surface area contributed by atoms with Crippen LogP contribution in [-0.4, -0.2) is 30.3 Å². The van der Waals surface area contributed by atoms with Crippen LogP contribution < -0.4 is 15.5 Å². The van der Waals surface area contributed by atoms with Gasteiger partial charge in [-0.25, -0.2) is 4.90 Å². The van der Waals surface area contributed by atoms with E-state index in [1.165, 1.54) is 17.4 Å². The van der Waals surface area contributed by atoms with E-state index in [2.05, 4.69) is 10.6 Å². The third-order valence-corrected chi connectivity index (χ3v) is 4.24. The molecule has 6 heteroatoms. The minimum absolute atomic E-state index is 0.154. The Hall–Kier alpha value is -2.99. The number of nitrogens with one attached hydrogen (secondary N) is 2. The maximum absolute atomic E-state index is 12.6. The lowest BCUT2D eigenvalue weighted by atomic mass is 10.1. The van der Waals surface area contributed by atoms with Gasteiger partial charge in [0.05, 0.1) is 18.2 Å². The molecule has 0 radical (unpaired) electrons. The van der Waals surface area contributed by atoms with Crippen LogP contribution in [0.4, 0.5) is 11.4 Å². The van der Waals surface area contributed by atoms with Crippen molar-refractivity contribution >= 4 is 29.1 Å². The molecule has 0 aliphatic carbocycles. The Morgan fingerprint density at radius 3 is 2.42 bits per heavy atom. The van der Waals surface area contributed by atoms with Gasteiger partial charge in [-0.3, -0.25) is 14.4 Å². The number of hydrogen-bond acceptors (Lipinski definition) is 4. The minimum Gasteiger partial charge on any atom is -0.326 e. The first kappa shape index (κ1) is 17.8. The van der Waals surface area contributed by atoms with Crippen LogP contribution in [0.3, 0.4) is 0 Å². The number of carbonyl (C=O) groups excluding carboxylic acids is 3. The molecule has 0 saturated carbocycles. The molecule has 3 rings (SSSR count). The number of carbonyl (C=O) groups is 3. The molecule has 2 N–H and O–H groups in total. The average molecular weight is 351 g/mol. The molecule has 26 heavy (non-hydrogen) atoms. The third-order valence-electron chi connectivity index (χ3n) is 4.24. The minimum atomic E-state index is -0.499. The van der Waals surface area contributed by atoms with E-state index in [1.54, 1.807) is 24.3 Å². The van der Waals surface area contributed by atoms with Gasteiger partial charge in [0.25, 0.3) is 5.91 Å².